The molecular formula is C13H19NO2. The lowest BCUT2D eigenvalue weighted by atomic mass is 10.1. The van der Waals surface area contributed by atoms with Gasteiger partial charge in [-0.2, -0.15) is 0 Å². The van der Waals surface area contributed by atoms with Gasteiger partial charge < -0.3 is 15.6 Å². The Kier molecular flexibility index (Phi) is 3.28. The molecule has 88 valence electrons. The van der Waals surface area contributed by atoms with Crippen molar-refractivity contribution in [1.82, 2.24) is 0 Å². The van der Waals surface area contributed by atoms with Crippen LogP contribution in [0.1, 0.15) is 29.7 Å². The number of ether oxygens (including phenoxy) is 1. The Hall–Kier alpha value is -0.900. The van der Waals surface area contributed by atoms with Crippen molar-refractivity contribution in [2.45, 2.75) is 38.5 Å². The minimum atomic E-state index is -0.433. The largest absolute Gasteiger partial charge is 0.391 e. The molecule has 3 atom stereocenters. The number of aliphatic hydroxyl groups excluding tert-OH is 1. The van der Waals surface area contributed by atoms with Crippen molar-refractivity contribution < 1.29 is 9.84 Å². The molecule has 0 spiro atoms. The number of hydrogen-bond donors (Lipinski definition) is 2. The molecule has 3 nitrogen and oxygen atoms in total. The van der Waals surface area contributed by atoms with Crippen LogP contribution in [0.2, 0.25) is 0 Å². The van der Waals surface area contributed by atoms with Crippen LogP contribution in [0.25, 0.3) is 0 Å². The zero-order valence-corrected chi connectivity index (χ0v) is 9.81. The van der Waals surface area contributed by atoms with Gasteiger partial charge in [-0.1, -0.05) is 23.8 Å². The van der Waals surface area contributed by atoms with Crippen molar-refractivity contribution in [3.63, 3.8) is 0 Å². The van der Waals surface area contributed by atoms with Crippen LogP contribution in [0, 0.1) is 6.92 Å². The molecule has 3 heteroatoms. The van der Waals surface area contributed by atoms with Crippen LogP contribution in [-0.4, -0.2) is 23.9 Å². The van der Waals surface area contributed by atoms with E-state index in [0.717, 1.165) is 6.42 Å². The maximum absolute atomic E-state index is 9.19. The fourth-order valence-corrected chi connectivity index (χ4v) is 2.21. The highest BCUT2D eigenvalue weighted by molar-refractivity contribution is 5.39. The second-order valence-electron chi connectivity index (χ2n) is 4.65. The number of fused-ring (bicyclic) bond motifs is 1. The fourth-order valence-electron chi connectivity index (χ4n) is 2.21. The highest BCUT2D eigenvalue weighted by atomic mass is 16.5. The summed E-state index contributed by atoms with van der Waals surface area (Å²) in [6, 6.07) is 6.27. The monoisotopic (exact) mass is 221 g/mol. The van der Waals surface area contributed by atoms with Crippen LogP contribution >= 0.6 is 0 Å². The first kappa shape index (κ1) is 11.6. The van der Waals surface area contributed by atoms with E-state index in [4.69, 9.17) is 10.5 Å². The Balaban J connectivity index is 2.08. The van der Waals surface area contributed by atoms with Gasteiger partial charge in [0, 0.05) is 6.42 Å². The number of hydrogen-bond acceptors (Lipinski definition) is 3. The lowest BCUT2D eigenvalue weighted by Gasteiger charge is -2.17. The van der Waals surface area contributed by atoms with Crippen molar-refractivity contribution >= 4 is 0 Å². The first-order valence-corrected chi connectivity index (χ1v) is 5.72. The summed E-state index contributed by atoms with van der Waals surface area (Å²) in [5.74, 6) is 0. The summed E-state index contributed by atoms with van der Waals surface area (Å²) < 4.78 is 5.62. The SMILES string of the molecule is Cc1ccc2c(c1)C[C@@H](OC[C@H](C)O)C2N. The van der Waals surface area contributed by atoms with Gasteiger partial charge in [0.05, 0.1) is 24.9 Å². The average molecular weight is 221 g/mol. The standard InChI is InChI=1S/C13H19NO2/c1-8-3-4-11-10(5-8)6-12(13(11)14)16-7-9(2)15/h3-5,9,12-13,15H,6-7,14H2,1-2H3/t9-,12+,13?/m0/s1. The summed E-state index contributed by atoms with van der Waals surface area (Å²) in [6.45, 7) is 4.15. The molecule has 0 radical (unpaired) electrons. The van der Waals surface area contributed by atoms with E-state index in [1.807, 2.05) is 0 Å². The van der Waals surface area contributed by atoms with E-state index in [2.05, 4.69) is 25.1 Å². The third-order valence-corrected chi connectivity index (χ3v) is 3.03. The minimum absolute atomic E-state index is 0.00593. The predicted octanol–water partition coefficient (Wildman–Crippen LogP) is 1.32. The Morgan fingerprint density at radius 1 is 1.56 bits per heavy atom. The first-order valence-electron chi connectivity index (χ1n) is 5.72. The molecule has 1 aliphatic carbocycles. The van der Waals surface area contributed by atoms with Gasteiger partial charge in [-0.15, -0.1) is 0 Å². The van der Waals surface area contributed by atoms with E-state index >= 15 is 0 Å². The van der Waals surface area contributed by atoms with Crippen LogP contribution in [-0.2, 0) is 11.2 Å². The summed E-state index contributed by atoms with van der Waals surface area (Å²) in [7, 11) is 0. The molecule has 2 rings (SSSR count). The molecule has 0 saturated heterocycles. The molecule has 0 saturated carbocycles. The number of aliphatic hydroxyl groups is 1. The van der Waals surface area contributed by atoms with E-state index in [1.165, 1.54) is 16.7 Å². The smallest absolute Gasteiger partial charge is 0.0809 e. The Bertz CT molecular complexity index is 376. The molecule has 0 fully saturated rings. The molecule has 0 amide bonds. The third-order valence-electron chi connectivity index (χ3n) is 3.03. The highest BCUT2D eigenvalue weighted by Crippen LogP contribution is 2.32. The minimum Gasteiger partial charge on any atom is -0.391 e. The summed E-state index contributed by atoms with van der Waals surface area (Å²) >= 11 is 0. The van der Waals surface area contributed by atoms with Gasteiger partial charge in [0.15, 0.2) is 0 Å². The summed E-state index contributed by atoms with van der Waals surface area (Å²) in [5, 5.41) is 9.19. The number of aryl methyl sites for hydroxylation is 1. The molecule has 0 heterocycles. The third kappa shape index (κ3) is 2.26. The molecule has 3 N–H and O–H groups in total. The molecule has 1 unspecified atom stereocenters. The summed E-state index contributed by atoms with van der Waals surface area (Å²) in [4.78, 5) is 0. The molecule has 0 aliphatic heterocycles. The number of nitrogens with two attached hydrogens (primary N) is 1. The quantitative estimate of drug-likeness (QED) is 0.809. The van der Waals surface area contributed by atoms with Crippen LogP contribution < -0.4 is 5.73 Å². The lowest BCUT2D eigenvalue weighted by molar-refractivity contribution is -0.00852. The fraction of sp³-hybridized carbons (Fsp3) is 0.538. The summed E-state index contributed by atoms with van der Waals surface area (Å²) in [5.41, 5.74) is 9.83. The van der Waals surface area contributed by atoms with Gasteiger partial charge in [0.25, 0.3) is 0 Å². The van der Waals surface area contributed by atoms with E-state index in [0.29, 0.717) is 6.61 Å². The van der Waals surface area contributed by atoms with Crippen molar-refractivity contribution in [2.75, 3.05) is 6.61 Å². The summed E-state index contributed by atoms with van der Waals surface area (Å²) in [6.07, 6.45) is 0.425. The van der Waals surface area contributed by atoms with E-state index in [9.17, 15) is 5.11 Å². The van der Waals surface area contributed by atoms with E-state index in [1.54, 1.807) is 6.92 Å². The van der Waals surface area contributed by atoms with Crippen molar-refractivity contribution in [3.05, 3.63) is 34.9 Å². The normalized spacial score (nSPS) is 25.5. The van der Waals surface area contributed by atoms with Crippen LogP contribution in [0.5, 0.6) is 0 Å². The first-order chi connectivity index (χ1) is 7.58. The Morgan fingerprint density at radius 2 is 2.31 bits per heavy atom. The van der Waals surface area contributed by atoms with Gasteiger partial charge in [-0.3, -0.25) is 0 Å². The van der Waals surface area contributed by atoms with Gasteiger partial charge in [-0.25, -0.2) is 0 Å². The van der Waals surface area contributed by atoms with Crippen molar-refractivity contribution in [1.29, 1.82) is 0 Å². The van der Waals surface area contributed by atoms with Crippen LogP contribution in [0.15, 0.2) is 18.2 Å². The number of rotatable bonds is 3. The molecule has 0 aromatic heterocycles. The van der Waals surface area contributed by atoms with E-state index in [-0.39, 0.29) is 12.1 Å². The maximum atomic E-state index is 9.19. The maximum Gasteiger partial charge on any atom is 0.0809 e. The Labute approximate surface area is 96.2 Å². The van der Waals surface area contributed by atoms with Gasteiger partial charge in [0.2, 0.25) is 0 Å². The molecule has 1 aliphatic rings. The topological polar surface area (TPSA) is 55.5 Å². The second-order valence-corrected chi connectivity index (χ2v) is 4.65. The molecule has 0 bridgehead atoms. The lowest BCUT2D eigenvalue weighted by Crippen LogP contribution is -2.28. The van der Waals surface area contributed by atoms with E-state index < -0.39 is 6.10 Å². The highest BCUT2D eigenvalue weighted by Gasteiger charge is 2.30. The van der Waals surface area contributed by atoms with Crippen molar-refractivity contribution in [3.8, 4) is 0 Å². The molecule has 1 aromatic rings. The predicted molar refractivity (Wildman–Crippen MR) is 63.2 cm³/mol. The zero-order valence-electron chi connectivity index (χ0n) is 9.81. The van der Waals surface area contributed by atoms with Gasteiger partial charge in [-0.05, 0) is 25.0 Å². The second kappa shape index (κ2) is 4.53. The number of benzene rings is 1. The van der Waals surface area contributed by atoms with Crippen molar-refractivity contribution in [2.24, 2.45) is 5.73 Å². The molecule has 1 aromatic carbocycles. The zero-order chi connectivity index (χ0) is 11.7. The Morgan fingerprint density at radius 3 is 3.00 bits per heavy atom. The molecule has 16 heavy (non-hydrogen) atoms. The molecular weight excluding hydrogens is 202 g/mol. The van der Waals surface area contributed by atoms with Gasteiger partial charge in [0.1, 0.15) is 0 Å². The van der Waals surface area contributed by atoms with Gasteiger partial charge >= 0.3 is 0 Å². The van der Waals surface area contributed by atoms with Crippen LogP contribution in [0.3, 0.4) is 0 Å². The average Bonchev–Trinajstić information content (AvgIpc) is 2.52. The van der Waals surface area contributed by atoms with Crippen LogP contribution in [0.4, 0.5) is 0 Å².